The molecule has 1 N–H and O–H groups in total. The molecule has 3 rings (SSSR count). The van der Waals surface area contributed by atoms with Crippen molar-refractivity contribution in [2.75, 3.05) is 39.3 Å². The average Bonchev–Trinajstić information content (AvgIpc) is 3.14. The van der Waals surface area contributed by atoms with E-state index in [1.807, 2.05) is 4.90 Å². The maximum absolute atomic E-state index is 12.7. The lowest BCUT2D eigenvalue weighted by Crippen LogP contribution is -2.53. The van der Waals surface area contributed by atoms with E-state index in [0.717, 1.165) is 19.4 Å². The molecular weight excluding hydrogens is 382 g/mol. The Bertz CT molecular complexity index is 698. The van der Waals surface area contributed by atoms with Gasteiger partial charge in [-0.15, -0.1) is 0 Å². The molecule has 1 aromatic rings. The normalized spacial score (nSPS) is 22.1. The summed E-state index contributed by atoms with van der Waals surface area (Å²) >= 11 is 11.3. The molecule has 1 aromatic carbocycles. The average molecular weight is 404 g/mol. The fourth-order valence-electron chi connectivity index (χ4n) is 3.01. The molecule has 0 aromatic heterocycles. The Kier molecular flexibility index (Phi) is 6.17. The summed E-state index contributed by atoms with van der Waals surface area (Å²) in [5, 5.41) is 4.42. The standard InChI is InChI=1S/C16H22ClN3O3S2/c17-13-3-5-15(6-4-13)25(21,22)20-9-7-19(8-10-20)16(24)18-12-14-2-1-11-23-14/h3-6,14H,1-2,7-12H2,(H,18,24)/t14-/m1/s1. The molecule has 0 radical (unpaired) electrons. The van der Waals surface area contributed by atoms with E-state index in [-0.39, 0.29) is 11.0 Å². The third kappa shape index (κ3) is 4.62. The highest BCUT2D eigenvalue weighted by molar-refractivity contribution is 7.89. The first-order valence-corrected chi connectivity index (χ1v) is 10.6. The third-order valence-electron chi connectivity index (χ3n) is 4.48. The van der Waals surface area contributed by atoms with Gasteiger partial charge in [-0.3, -0.25) is 0 Å². The molecule has 1 atom stereocenters. The Hall–Kier alpha value is -0.930. The van der Waals surface area contributed by atoms with Gasteiger partial charge >= 0.3 is 0 Å². The van der Waals surface area contributed by atoms with Gasteiger partial charge in [0.2, 0.25) is 10.0 Å². The number of rotatable bonds is 4. The van der Waals surface area contributed by atoms with E-state index in [4.69, 9.17) is 28.6 Å². The largest absolute Gasteiger partial charge is 0.376 e. The number of nitrogens with one attached hydrogen (secondary N) is 1. The van der Waals surface area contributed by atoms with Crippen LogP contribution in [0, 0.1) is 0 Å². The summed E-state index contributed by atoms with van der Waals surface area (Å²) in [5.41, 5.74) is 0. The van der Waals surface area contributed by atoms with Crippen molar-refractivity contribution in [3.8, 4) is 0 Å². The predicted molar refractivity (Wildman–Crippen MR) is 101 cm³/mol. The van der Waals surface area contributed by atoms with Crippen LogP contribution in [0.3, 0.4) is 0 Å². The van der Waals surface area contributed by atoms with E-state index >= 15 is 0 Å². The van der Waals surface area contributed by atoms with Crippen molar-refractivity contribution in [3.05, 3.63) is 29.3 Å². The molecule has 9 heteroatoms. The van der Waals surface area contributed by atoms with Crippen LogP contribution >= 0.6 is 23.8 Å². The van der Waals surface area contributed by atoms with Crippen LogP contribution < -0.4 is 5.32 Å². The summed E-state index contributed by atoms with van der Waals surface area (Å²) in [6, 6.07) is 6.26. The second kappa shape index (κ2) is 8.18. The molecule has 138 valence electrons. The van der Waals surface area contributed by atoms with Gasteiger partial charge in [0.05, 0.1) is 11.0 Å². The number of halogens is 1. The van der Waals surface area contributed by atoms with E-state index in [9.17, 15) is 8.42 Å². The third-order valence-corrected chi connectivity index (χ3v) is 7.05. The van der Waals surface area contributed by atoms with Crippen LogP contribution in [0.5, 0.6) is 0 Å². The smallest absolute Gasteiger partial charge is 0.243 e. The molecule has 2 saturated heterocycles. The molecular formula is C16H22ClN3O3S2. The number of sulfonamides is 1. The molecule has 2 aliphatic heterocycles. The highest BCUT2D eigenvalue weighted by Crippen LogP contribution is 2.20. The van der Waals surface area contributed by atoms with E-state index in [0.29, 0.717) is 42.9 Å². The first-order chi connectivity index (χ1) is 12.0. The van der Waals surface area contributed by atoms with Gasteiger partial charge in [0.1, 0.15) is 0 Å². The van der Waals surface area contributed by atoms with Crippen LogP contribution in [0.15, 0.2) is 29.2 Å². The summed E-state index contributed by atoms with van der Waals surface area (Å²) < 4.78 is 32.4. The number of benzene rings is 1. The summed E-state index contributed by atoms with van der Waals surface area (Å²) in [4.78, 5) is 2.28. The highest BCUT2D eigenvalue weighted by atomic mass is 35.5. The molecule has 0 aliphatic carbocycles. The quantitative estimate of drug-likeness (QED) is 0.772. The summed E-state index contributed by atoms with van der Waals surface area (Å²) in [6.07, 6.45) is 2.38. The van der Waals surface area contributed by atoms with Gasteiger partial charge in [0.25, 0.3) is 0 Å². The second-order valence-electron chi connectivity index (χ2n) is 6.17. The Morgan fingerprint density at radius 3 is 2.52 bits per heavy atom. The lowest BCUT2D eigenvalue weighted by Gasteiger charge is -2.35. The minimum Gasteiger partial charge on any atom is -0.376 e. The molecule has 6 nitrogen and oxygen atoms in total. The maximum atomic E-state index is 12.7. The maximum Gasteiger partial charge on any atom is 0.243 e. The van der Waals surface area contributed by atoms with E-state index in [2.05, 4.69) is 5.32 Å². The molecule has 0 saturated carbocycles. The van der Waals surface area contributed by atoms with Crippen molar-refractivity contribution in [3.63, 3.8) is 0 Å². The van der Waals surface area contributed by atoms with Gasteiger partial charge in [0.15, 0.2) is 5.11 Å². The minimum absolute atomic E-state index is 0.226. The second-order valence-corrected chi connectivity index (χ2v) is 8.93. The Morgan fingerprint density at radius 1 is 1.24 bits per heavy atom. The molecule has 0 bridgehead atoms. The molecule has 2 aliphatic rings. The van der Waals surface area contributed by atoms with Crippen molar-refractivity contribution in [1.82, 2.24) is 14.5 Å². The first kappa shape index (κ1) is 18.8. The Balaban J connectivity index is 1.52. The zero-order valence-corrected chi connectivity index (χ0v) is 16.2. The molecule has 2 fully saturated rings. The minimum atomic E-state index is -3.49. The van der Waals surface area contributed by atoms with Gasteiger partial charge in [0, 0.05) is 44.4 Å². The lowest BCUT2D eigenvalue weighted by molar-refractivity contribution is 0.113. The van der Waals surface area contributed by atoms with Gasteiger partial charge in [-0.25, -0.2) is 8.42 Å². The fourth-order valence-corrected chi connectivity index (χ4v) is 4.82. The number of hydrogen-bond donors (Lipinski definition) is 1. The molecule has 2 heterocycles. The van der Waals surface area contributed by atoms with Gasteiger partial charge < -0.3 is 15.0 Å². The van der Waals surface area contributed by atoms with Gasteiger partial charge in [-0.2, -0.15) is 4.31 Å². The van der Waals surface area contributed by atoms with Crippen LogP contribution in [0.1, 0.15) is 12.8 Å². The number of hydrogen-bond acceptors (Lipinski definition) is 4. The van der Waals surface area contributed by atoms with Crippen molar-refractivity contribution >= 4 is 39.0 Å². The first-order valence-electron chi connectivity index (χ1n) is 8.37. The zero-order valence-electron chi connectivity index (χ0n) is 13.9. The van der Waals surface area contributed by atoms with Crippen LogP contribution in [0.2, 0.25) is 5.02 Å². The van der Waals surface area contributed by atoms with Gasteiger partial charge in [-0.1, -0.05) is 11.6 Å². The Morgan fingerprint density at radius 2 is 1.92 bits per heavy atom. The predicted octanol–water partition coefficient (Wildman–Crippen LogP) is 1.70. The summed E-state index contributed by atoms with van der Waals surface area (Å²) in [6.45, 7) is 3.50. The van der Waals surface area contributed by atoms with Crippen LogP contribution in [0.4, 0.5) is 0 Å². The molecule has 0 amide bonds. The lowest BCUT2D eigenvalue weighted by atomic mass is 10.2. The fraction of sp³-hybridized carbons (Fsp3) is 0.562. The molecule has 0 unspecified atom stereocenters. The van der Waals surface area contributed by atoms with Crippen molar-refractivity contribution in [1.29, 1.82) is 0 Å². The van der Waals surface area contributed by atoms with E-state index < -0.39 is 10.0 Å². The highest BCUT2D eigenvalue weighted by Gasteiger charge is 2.29. The van der Waals surface area contributed by atoms with E-state index in [1.54, 1.807) is 12.1 Å². The SMILES string of the molecule is O=S(=O)(c1ccc(Cl)cc1)N1CCN(C(=S)NC[C@H]2CCCO2)CC1. The Labute approximate surface area is 159 Å². The van der Waals surface area contributed by atoms with Crippen LogP contribution in [-0.2, 0) is 14.8 Å². The van der Waals surface area contributed by atoms with Crippen molar-refractivity contribution in [2.24, 2.45) is 0 Å². The molecule has 25 heavy (non-hydrogen) atoms. The van der Waals surface area contributed by atoms with Crippen molar-refractivity contribution in [2.45, 2.75) is 23.8 Å². The monoisotopic (exact) mass is 403 g/mol. The van der Waals surface area contributed by atoms with Crippen LogP contribution in [0.25, 0.3) is 0 Å². The number of ether oxygens (including phenoxy) is 1. The number of piperazine rings is 1. The topological polar surface area (TPSA) is 61.9 Å². The van der Waals surface area contributed by atoms with Gasteiger partial charge in [-0.05, 0) is 49.3 Å². The number of thiocarbonyl (C=S) groups is 1. The van der Waals surface area contributed by atoms with E-state index in [1.165, 1.54) is 16.4 Å². The number of nitrogens with zero attached hydrogens (tertiary/aromatic N) is 2. The zero-order chi connectivity index (χ0) is 17.9. The van der Waals surface area contributed by atoms with Crippen molar-refractivity contribution < 1.29 is 13.2 Å². The molecule has 0 spiro atoms. The summed E-state index contributed by atoms with van der Waals surface area (Å²) in [7, 11) is -3.49. The summed E-state index contributed by atoms with van der Waals surface area (Å²) in [5.74, 6) is 0. The van der Waals surface area contributed by atoms with Crippen LogP contribution in [-0.4, -0.2) is 68.2 Å².